The molecule has 1 atom stereocenters. The third-order valence-electron chi connectivity index (χ3n) is 5.23. The van der Waals surface area contributed by atoms with Crippen molar-refractivity contribution in [3.8, 4) is 0 Å². The van der Waals surface area contributed by atoms with E-state index < -0.39 is 6.10 Å². The number of ether oxygens (including phenoxy) is 1. The van der Waals surface area contributed by atoms with E-state index in [-0.39, 0.29) is 5.91 Å². The molecule has 0 saturated carbocycles. The van der Waals surface area contributed by atoms with Gasteiger partial charge in [0.15, 0.2) is 11.9 Å². The number of hydrogen-bond donors (Lipinski definition) is 1. The standard InChI is InChI=1S/C21H24N6O2S/c1-29-19(16-6-3-2-4-7-16)20(28)23-21-26-25-18(30-21)14-15-9-12-27(13-10-15)17-8-5-11-22-24-17/h2-8,11,15,19H,9-10,12-14H2,1H3,(H,23,26,28)/t19-/m1/s1. The van der Waals surface area contributed by atoms with Crippen LogP contribution in [-0.4, -0.2) is 46.5 Å². The second-order valence-corrected chi connectivity index (χ2v) is 8.30. The Bertz CT molecular complexity index is 944. The lowest BCUT2D eigenvalue weighted by atomic mass is 9.94. The first-order valence-electron chi connectivity index (χ1n) is 9.96. The van der Waals surface area contributed by atoms with Crippen molar-refractivity contribution in [2.24, 2.45) is 5.92 Å². The van der Waals surface area contributed by atoms with Gasteiger partial charge in [0, 0.05) is 32.8 Å². The van der Waals surface area contributed by atoms with Crippen LogP contribution in [0.3, 0.4) is 0 Å². The molecule has 8 nitrogen and oxygen atoms in total. The molecule has 1 fully saturated rings. The average molecular weight is 425 g/mol. The van der Waals surface area contributed by atoms with Gasteiger partial charge in [-0.05, 0) is 36.5 Å². The summed E-state index contributed by atoms with van der Waals surface area (Å²) in [4.78, 5) is 14.9. The smallest absolute Gasteiger partial charge is 0.259 e. The van der Waals surface area contributed by atoms with Crippen LogP contribution in [0.4, 0.5) is 10.9 Å². The number of benzene rings is 1. The highest BCUT2D eigenvalue weighted by Crippen LogP contribution is 2.27. The van der Waals surface area contributed by atoms with E-state index >= 15 is 0 Å². The zero-order chi connectivity index (χ0) is 20.8. The van der Waals surface area contributed by atoms with E-state index in [0.29, 0.717) is 11.0 Å². The van der Waals surface area contributed by atoms with Gasteiger partial charge in [0.05, 0.1) is 0 Å². The number of carbonyl (C=O) groups is 1. The van der Waals surface area contributed by atoms with Crippen LogP contribution in [0.2, 0.25) is 0 Å². The molecule has 156 valence electrons. The molecule has 0 unspecified atom stereocenters. The molecule has 30 heavy (non-hydrogen) atoms. The zero-order valence-electron chi connectivity index (χ0n) is 16.8. The van der Waals surface area contributed by atoms with E-state index in [2.05, 4.69) is 30.6 Å². The molecule has 3 aromatic rings. The van der Waals surface area contributed by atoms with Crippen LogP contribution in [0.1, 0.15) is 29.5 Å². The normalized spacial score (nSPS) is 15.7. The maximum absolute atomic E-state index is 12.6. The SMILES string of the molecule is CO[C@@H](C(=O)Nc1nnc(CC2CCN(c3cccnn3)CC2)s1)c1ccccc1. The van der Waals surface area contributed by atoms with Crippen LogP contribution in [0.15, 0.2) is 48.7 Å². The second-order valence-electron chi connectivity index (χ2n) is 7.23. The Kier molecular flexibility index (Phi) is 6.60. The molecule has 3 heterocycles. The van der Waals surface area contributed by atoms with Crippen LogP contribution in [-0.2, 0) is 16.0 Å². The lowest BCUT2D eigenvalue weighted by Gasteiger charge is -2.32. The van der Waals surface area contributed by atoms with Gasteiger partial charge in [-0.1, -0.05) is 41.7 Å². The van der Waals surface area contributed by atoms with Gasteiger partial charge in [0.1, 0.15) is 5.01 Å². The van der Waals surface area contributed by atoms with Crippen LogP contribution in [0.25, 0.3) is 0 Å². The molecular formula is C21H24N6O2S. The Morgan fingerprint density at radius 3 is 2.67 bits per heavy atom. The fourth-order valence-electron chi connectivity index (χ4n) is 3.66. The molecule has 0 aliphatic carbocycles. The van der Waals surface area contributed by atoms with Gasteiger partial charge < -0.3 is 9.64 Å². The quantitative estimate of drug-likeness (QED) is 0.623. The average Bonchev–Trinajstić information content (AvgIpc) is 3.23. The molecule has 0 bridgehead atoms. The van der Waals surface area contributed by atoms with Crippen molar-refractivity contribution < 1.29 is 9.53 Å². The fraction of sp³-hybridized carbons (Fsp3) is 0.381. The maximum atomic E-state index is 12.6. The van der Waals surface area contributed by atoms with Crippen molar-refractivity contribution in [2.75, 3.05) is 30.4 Å². The van der Waals surface area contributed by atoms with Crippen molar-refractivity contribution in [3.05, 3.63) is 59.2 Å². The van der Waals surface area contributed by atoms with Crippen LogP contribution >= 0.6 is 11.3 Å². The highest BCUT2D eigenvalue weighted by atomic mass is 32.1. The third-order valence-corrected chi connectivity index (χ3v) is 6.09. The van der Waals surface area contributed by atoms with Gasteiger partial charge in [-0.2, -0.15) is 5.10 Å². The van der Waals surface area contributed by atoms with Crippen molar-refractivity contribution in [2.45, 2.75) is 25.4 Å². The van der Waals surface area contributed by atoms with Gasteiger partial charge >= 0.3 is 0 Å². The highest BCUT2D eigenvalue weighted by molar-refractivity contribution is 7.15. The van der Waals surface area contributed by atoms with Gasteiger partial charge in [-0.3, -0.25) is 10.1 Å². The van der Waals surface area contributed by atoms with E-state index in [4.69, 9.17) is 4.74 Å². The predicted molar refractivity (Wildman–Crippen MR) is 115 cm³/mol. The summed E-state index contributed by atoms with van der Waals surface area (Å²) in [5.41, 5.74) is 0.803. The Morgan fingerprint density at radius 2 is 1.97 bits per heavy atom. The summed E-state index contributed by atoms with van der Waals surface area (Å²) in [6, 6.07) is 13.3. The molecule has 1 aliphatic rings. The van der Waals surface area contributed by atoms with Crippen molar-refractivity contribution in [1.29, 1.82) is 0 Å². The van der Waals surface area contributed by atoms with E-state index in [9.17, 15) is 4.79 Å². The molecule has 1 saturated heterocycles. The second kappa shape index (κ2) is 9.73. The van der Waals surface area contributed by atoms with E-state index in [0.717, 1.165) is 48.7 Å². The molecule has 1 N–H and O–H groups in total. The summed E-state index contributed by atoms with van der Waals surface area (Å²) in [6.07, 6.45) is 4.02. The maximum Gasteiger partial charge on any atom is 0.259 e. The number of piperidine rings is 1. The molecule has 0 radical (unpaired) electrons. The molecule has 4 rings (SSSR count). The van der Waals surface area contributed by atoms with Crippen molar-refractivity contribution >= 4 is 28.2 Å². The number of nitrogens with zero attached hydrogens (tertiary/aromatic N) is 5. The Morgan fingerprint density at radius 1 is 1.17 bits per heavy atom. The van der Waals surface area contributed by atoms with Crippen LogP contribution in [0.5, 0.6) is 0 Å². The predicted octanol–water partition coefficient (Wildman–Crippen LogP) is 3.11. The Hall–Kier alpha value is -2.91. The lowest BCUT2D eigenvalue weighted by Crippen LogP contribution is -2.34. The van der Waals surface area contributed by atoms with Crippen molar-refractivity contribution in [3.63, 3.8) is 0 Å². The number of rotatable bonds is 7. The minimum atomic E-state index is -0.677. The topological polar surface area (TPSA) is 93.1 Å². The summed E-state index contributed by atoms with van der Waals surface area (Å²) in [6.45, 7) is 1.91. The Balaban J connectivity index is 1.30. The molecule has 0 spiro atoms. The van der Waals surface area contributed by atoms with Crippen molar-refractivity contribution in [1.82, 2.24) is 20.4 Å². The van der Waals surface area contributed by atoms with Gasteiger partial charge in [0.25, 0.3) is 5.91 Å². The van der Waals surface area contributed by atoms with Crippen LogP contribution < -0.4 is 10.2 Å². The number of nitrogens with one attached hydrogen (secondary N) is 1. The number of amides is 1. The number of aromatic nitrogens is 4. The summed E-state index contributed by atoms with van der Waals surface area (Å²) < 4.78 is 5.38. The lowest BCUT2D eigenvalue weighted by molar-refractivity contribution is -0.126. The first kappa shape index (κ1) is 20.4. The van der Waals surface area contributed by atoms with Crippen LogP contribution in [0, 0.1) is 5.92 Å². The van der Waals surface area contributed by atoms with E-state index in [1.807, 2.05) is 42.5 Å². The monoisotopic (exact) mass is 424 g/mol. The first-order valence-corrected chi connectivity index (χ1v) is 10.8. The van der Waals surface area contributed by atoms with E-state index in [1.165, 1.54) is 18.4 Å². The Labute approximate surface area is 179 Å². The molecular weight excluding hydrogens is 400 g/mol. The minimum absolute atomic E-state index is 0.247. The van der Waals surface area contributed by atoms with Gasteiger partial charge in [0.2, 0.25) is 5.13 Å². The molecule has 1 aliphatic heterocycles. The summed E-state index contributed by atoms with van der Waals surface area (Å²) in [5.74, 6) is 1.23. The third kappa shape index (κ3) is 4.98. The summed E-state index contributed by atoms with van der Waals surface area (Å²) >= 11 is 1.43. The summed E-state index contributed by atoms with van der Waals surface area (Å²) in [5, 5.41) is 20.9. The largest absolute Gasteiger partial charge is 0.367 e. The van der Waals surface area contributed by atoms with Gasteiger partial charge in [-0.15, -0.1) is 15.3 Å². The van der Waals surface area contributed by atoms with E-state index in [1.54, 1.807) is 6.20 Å². The number of carbonyl (C=O) groups excluding carboxylic acids is 1. The number of anilines is 2. The zero-order valence-corrected chi connectivity index (χ0v) is 17.6. The minimum Gasteiger partial charge on any atom is -0.367 e. The molecule has 1 amide bonds. The molecule has 9 heteroatoms. The number of hydrogen-bond acceptors (Lipinski definition) is 8. The number of methoxy groups -OCH3 is 1. The van der Waals surface area contributed by atoms with Gasteiger partial charge in [-0.25, -0.2) is 0 Å². The summed E-state index contributed by atoms with van der Waals surface area (Å²) in [7, 11) is 1.52. The first-order chi connectivity index (χ1) is 14.7. The highest BCUT2D eigenvalue weighted by Gasteiger charge is 2.24. The fourth-order valence-corrected chi connectivity index (χ4v) is 4.51. The molecule has 2 aromatic heterocycles. The molecule has 1 aromatic carbocycles.